The molecule has 0 aliphatic carbocycles. The van der Waals surface area contributed by atoms with E-state index in [9.17, 15) is 4.79 Å². The number of carbonyl (C=O) groups is 1. The van der Waals surface area contributed by atoms with Gasteiger partial charge < -0.3 is 25.2 Å². The molecular weight excluding hydrogens is 459 g/mol. The summed E-state index contributed by atoms with van der Waals surface area (Å²) >= 11 is 0. The van der Waals surface area contributed by atoms with Gasteiger partial charge in [-0.2, -0.15) is 0 Å². The summed E-state index contributed by atoms with van der Waals surface area (Å²) in [5.74, 6) is 1.47. The zero-order chi connectivity index (χ0) is 18.9. The monoisotopic (exact) mass is 490 g/mol. The second kappa shape index (κ2) is 12.0. The molecule has 2 heterocycles. The Bertz CT molecular complexity index is 618. The number of guanidine groups is 1. The zero-order valence-electron chi connectivity index (χ0n) is 16.6. The summed E-state index contributed by atoms with van der Waals surface area (Å²) in [7, 11) is 7.38. The number of carbonyl (C=O) groups excluding carboxylic acids is 1. The molecule has 2 rings (SSSR count). The number of nitrogens with zero attached hydrogens (tertiary/aromatic N) is 4. The molecule has 1 aromatic rings. The number of amides is 1. The fourth-order valence-electron chi connectivity index (χ4n) is 2.47. The maximum atomic E-state index is 11.8. The maximum Gasteiger partial charge on any atom is 0.241 e. The minimum atomic E-state index is -0.00986. The molecule has 9 heteroatoms. The third-order valence-corrected chi connectivity index (χ3v) is 4.08. The van der Waals surface area contributed by atoms with Gasteiger partial charge in [-0.3, -0.25) is 4.79 Å². The fraction of sp³-hybridized carbons (Fsp3) is 0.611. The first-order valence-corrected chi connectivity index (χ1v) is 8.93. The topological polar surface area (TPSA) is 82.1 Å². The van der Waals surface area contributed by atoms with Crippen molar-refractivity contribution in [3.63, 3.8) is 0 Å². The van der Waals surface area contributed by atoms with Crippen LogP contribution in [0.3, 0.4) is 0 Å². The van der Waals surface area contributed by atoms with Gasteiger partial charge in [-0.1, -0.05) is 6.07 Å². The molecule has 0 aromatic carbocycles. The number of hydrogen-bond acceptors (Lipinski definition) is 5. The Kier molecular flexibility index (Phi) is 10.4. The van der Waals surface area contributed by atoms with Gasteiger partial charge in [0, 0.05) is 41.3 Å². The van der Waals surface area contributed by atoms with E-state index in [4.69, 9.17) is 4.74 Å². The summed E-state index contributed by atoms with van der Waals surface area (Å²) in [5.41, 5.74) is 0.869. The number of nitrogens with one attached hydrogen (secondary N) is 2. The Balaban J connectivity index is 0.00000364. The van der Waals surface area contributed by atoms with Gasteiger partial charge >= 0.3 is 0 Å². The van der Waals surface area contributed by atoms with Crippen LogP contribution in [-0.2, 0) is 16.1 Å². The van der Waals surface area contributed by atoms with Gasteiger partial charge in [0.15, 0.2) is 5.96 Å². The normalized spacial score (nSPS) is 16.4. The lowest BCUT2D eigenvalue weighted by Gasteiger charge is -2.17. The summed E-state index contributed by atoms with van der Waals surface area (Å²) in [6, 6.07) is 5.87. The molecule has 1 unspecified atom stereocenters. The van der Waals surface area contributed by atoms with Gasteiger partial charge in [0.05, 0.1) is 24.9 Å². The fourth-order valence-corrected chi connectivity index (χ4v) is 2.47. The summed E-state index contributed by atoms with van der Waals surface area (Å²) in [6.07, 6.45) is 2.33. The number of halogens is 1. The molecule has 1 amide bonds. The van der Waals surface area contributed by atoms with Crippen molar-refractivity contribution in [2.75, 3.05) is 52.8 Å². The molecular formula is C18H31IN6O2. The Morgan fingerprint density at radius 2 is 2.07 bits per heavy atom. The summed E-state index contributed by atoms with van der Waals surface area (Å²) in [4.78, 5) is 24.5. The van der Waals surface area contributed by atoms with Crippen molar-refractivity contribution in [1.29, 1.82) is 0 Å². The van der Waals surface area contributed by atoms with Crippen LogP contribution in [0.4, 0.5) is 5.82 Å². The highest BCUT2D eigenvalue weighted by Gasteiger charge is 2.16. The van der Waals surface area contributed by atoms with E-state index < -0.39 is 0 Å². The van der Waals surface area contributed by atoms with Gasteiger partial charge in [0.25, 0.3) is 0 Å². The van der Waals surface area contributed by atoms with E-state index >= 15 is 0 Å². The highest BCUT2D eigenvalue weighted by Crippen LogP contribution is 2.11. The van der Waals surface area contributed by atoms with Gasteiger partial charge in [0.1, 0.15) is 5.82 Å². The van der Waals surface area contributed by atoms with Crippen molar-refractivity contribution in [2.24, 2.45) is 4.99 Å². The molecule has 8 nitrogen and oxygen atoms in total. The first kappa shape index (κ1) is 23.4. The molecule has 0 radical (unpaired) electrons. The highest BCUT2D eigenvalue weighted by atomic mass is 127. The molecule has 27 heavy (non-hydrogen) atoms. The first-order chi connectivity index (χ1) is 12.5. The average molecular weight is 490 g/mol. The SMILES string of the molecule is CN(C)C(=O)CNC(=NCc1cccc(N(C)C)n1)NCC1CCCO1.I. The molecule has 0 spiro atoms. The van der Waals surface area contributed by atoms with Crippen LogP contribution in [0.1, 0.15) is 18.5 Å². The van der Waals surface area contributed by atoms with Gasteiger partial charge in [-0.25, -0.2) is 9.98 Å². The standard InChI is InChI=1S/C18H30N6O2.HI/c1-23(2)16-9-5-7-14(22-16)11-19-18(21-13-17(25)24(3)4)20-12-15-8-6-10-26-15;/h5,7,9,15H,6,8,10-13H2,1-4H3,(H2,19,20,21);1H. The molecule has 152 valence electrons. The molecule has 0 bridgehead atoms. The zero-order valence-corrected chi connectivity index (χ0v) is 18.9. The third-order valence-electron chi connectivity index (χ3n) is 4.08. The van der Waals surface area contributed by atoms with Gasteiger partial charge in [0.2, 0.25) is 5.91 Å². The number of aliphatic imine (C=N–C) groups is 1. The van der Waals surface area contributed by atoms with Crippen molar-refractivity contribution in [2.45, 2.75) is 25.5 Å². The van der Waals surface area contributed by atoms with Gasteiger partial charge in [-0.15, -0.1) is 24.0 Å². The van der Waals surface area contributed by atoms with Crippen molar-refractivity contribution >= 4 is 41.7 Å². The quantitative estimate of drug-likeness (QED) is 0.338. The van der Waals surface area contributed by atoms with E-state index in [2.05, 4.69) is 20.6 Å². The second-order valence-electron chi connectivity index (χ2n) is 6.70. The maximum absolute atomic E-state index is 11.8. The number of rotatable bonds is 7. The van der Waals surface area contributed by atoms with Gasteiger partial charge in [-0.05, 0) is 25.0 Å². The lowest BCUT2D eigenvalue weighted by Crippen LogP contribution is -2.45. The number of aromatic nitrogens is 1. The minimum Gasteiger partial charge on any atom is -0.376 e. The average Bonchev–Trinajstić information content (AvgIpc) is 3.14. The van der Waals surface area contributed by atoms with E-state index in [0.717, 1.165) is 31.0 Å². The van der Waals surface area contributed by atoms with E-state index in [1.165, 1.54) is 0 Å². The second-order valence-corrected chi connectivity index (χ2v) is 6.70. The molecule has 1 aromatic heterocycles. The Morgan fingerprint density at radius 3 is 2.70 bits per heavy atom. The molecule has 0 saturated carbocycles. The number of pyridine rings is 1. The van der Waals surface area contributed by atoms with Crippen LogP contribution in [0.15, 0.2) is 23.2 Å². The molecule has 2 N–H and O–H groups in total. The number of ether oxygens (including phenoxy) is 1. The van der Waals surface area contributed by atoms with Crippen LogP contribution in [-0.4, -0.2) is 75.7 Å². The van der Waals surface area contributed by atoms with Crippen LogP contribution in [0.25, 0.3) is 0 Å². The van der Waals surface area contributed by atoms with E-state index in [0.29, 0.717) is 19.0 Å². The van der Waals surface area contributed by atoms with Crippen LogP contribution in [0.5, 0.6) is 0 Å². The number of likely N-dealkylation sites (N-methyl/N-ethyl adjacent to an activating group) is 1. The highest BCUT2D eigenvalue weighted by molar-refractivity contribution is 14.0. The minimum absolute atomic E-state index is 0. The smallest absolute Gasteiger partial charge is 0.241 e. The number of hydrogen-bond donors (Lipinski definition) is 2. The van der Waals surface area contributed by atoms with Crippen molar-refractivity contribution in [1.82, 2.24) is 20.5 Å². The molecule has 1 aliphatic heterocycles. The Hall–Kier alpha value is -1.62. The molecule has 1 saturated heterocycles. The van der Waals surface area contributed by atoms with Crippen LogP contribution < -0.4 is 15.5 Å². The van der Waals surface area contributed by atoms with Crippen LogP contribution in [0.2, 0.25) is 0 Å². The largest absolute Gasteiger partial charge is 0.376 e. The molecule has 1 atom stereocenters. The Morgan fingerprint density at radius 1 is 1.30 bits per heavy atom. The summed E-state index contributed by atoms with van der Waals surface area (Å²) in [6.45, 7) is 2.11. The lowest BCUT2D eigenvalue weighted by atomic mass is 10.2. The predicted octanol–water partition coefficient (Wildman–Crippen LogP) is 1.07. The third kappa shape index (κ3) is 8.29. The van der Waals surface area contributed by atoms with Crippen LogP contribution in [0, 0.1) is 0 Å². The van der Waals surface area contributed by atoms with Crippen molar-refractivity contribution in [3.05, 3.63) is 23.9 Å². The van der Waals surface area contributed by atoms with E-state index in [-0.39, 0.29) is 42.5 Å². The van der Waals surface area contributed by atoms with Crippen molar-refractivity contribution in [3.8, 4) is 0 Å². The first-order valence-electron chi connectivity index (χ1n) is 8.93. The summed E-state index contributed by atoms with van der Waals surface area (Å²) in [5, 5.41) is 6.35. The lowest BCUT2D eigenvalue weighted by molar-refractivity contribution is -0.127. The molecule has 1 fully saturated rings. The predicted molar refractivity (Wildman–Crippen MR) is 119 cm³/mol. The molecule has 1 aliphatic rings. The van der Waals surface area contributed by atoms with E-state index in [1.54, 1.807) is 19.0 Å². The summed E-state index contributed by atoms with van der Waals surface area (Å²) < 4.78 is 5.63. The van der Waals surface area contributed by atoms with Crippen molar-refractivity contribution < 1.29 is 9.53 Å². The van der Waals surface area contributed by atoms with Crippen LogP contribution >= 0.6 is 24.0 Å². The number of anilines is 1. The van der Waals surface area contributed by atoms with E-state index in [1.807, 2.05) is 37.2 Å². The Labute approximate surface area is 178 Å².